The number of hydrogen-bond acceptors (Lipinski definition) is 10. The lowest BCUT2D eigenvalue weighted by atomic mass is 9.92. The lowest BCUT2D eigenvalue weighted by Gasteiger charge is -2.29. The summed E-state index contributed by atoms with van der Waals surface area (Å²) in [6.45, 7) is 10.3. The maximum atomic E-state index is 11.5. The lowest BCUT2D eigenvalue weighted by Crippen LogP contribution is -2.47. The van der Waals surface area contributed by atoms with Crippen molar-refractivity contribution >= 4 is 33.9 Å². The average Bonchev–Trinajstić information content (AvgIpc) is 2.68. The van der Waals surface area contributed by atoms with Crippen LogP contribution in [0.15, 0.2) is 0 Å². The van der Waals surface area contributed by atoms with Gasteiger partial charge in [-0.2, -0.15) is 8.42 Å². The first-order valence-electron chi connectivity index (χ1n) is 11.9. The molecule has 0 spiro atoms. The molecular weight excluding hydrogens is 496 g/mol. The highest BCUT2D eigenvalue weighted by Gasteiger charge is 2.29. The summed E-state index contributed by atoms with van der Waals surface area (Å²) in [5.74, 6) is -1.20. The number of esters is 2. The van der Waals surface area contributed by atoms with E-state index in [1.54, 1.807) is 27.7 Å². The molecule has 0 aliphatic carbocycles. The van der Waals surface area contributed by atoms with Crippen LogP contribution >= 0.6 is 0 Å². The first-order chi connectivity index (χ1) is 16.5. The summed E-state index contributed by atoms with van der Waals surface area (Å²) in [4.78, 5) is 45.1. The first kappa shape index (κ1) is 35.9. The summed E-state index contributed by atoms with van der Waals surface area (Å²) in [5, 5.41) is 14.2. The highest BCUT2D eigenvalue weighted by molar-refractivity contribution is 7.85. The maximum absolute atomic E-state index is 11.5. The van der Waals surface area contributed by atoms with Crippen LogP contribution in [0.25, 0.3) is 0 Å². The minimum absolute atomic E-state index is 0.0107. The van der Waals surface area contributed by atoms with Crippen LogP contribution in [0.2, 0.25) is 0 Å². The predicted octanol–water partition coefficient (Wildman–Crippen LogP) is 1.20. The molecule has 0 bridgehead atoms. The number of rotatable bonds is 16. The predicted molar refractivity (Wildman–Crippen MR) is 133 cm³/mol. The van der Waals surface area contributed by atoms with Gasteiger partial charge in [0.25, 0.3) is 10.1 Å². The molecule has 0 aliphatic rings. The molecule has 0 fully saturated rings. The van der Waals surface area contributed by atoms with E-state index >= 15 is 0 Å². The second-order valence-electron chi connectivity index (χ2n) is 8.90. The molecule has 3 N–H and O–H groups in total. The smallest absolute Gasteiger partial charge is 0.308 e. The summed E-state index contributed by atoms with van der Waals surface area (Å²) in [6, 6.07) is 0. The number of hydrogen-bond donors (Lipinski definition) is 3. The highest BCUT2D eigenvalue weighted by Crippen LogP contribution is 2.19. The Bertz CT molecular complexity index is 803. The number of ether oxygens (including phenoxy) is 2. The molecule has 2 unspecified atom stereocenters. The van der Waals surface area contributed by atoms with Crippen molar-refractivity contribution in [2.75, 3.05) is 32.7 Å². The largest absolute Gasteiger partial charge is 0.466 e. The van der Waals surface area contributed by atoms with Gasteiger partial charge in [-0.05, 0) is 53.4 Å². The molecular formula is C23H44N2O10S. The molecule has 36 heavy (non-hydrogen) atoms. The van der Waals surface area contributed by atoms with Crippen molar-refractivity contribution in [3.05, 3.63) is 0 Å². The van der Waals surface area contributed by atoms with Crippen molar-refractivity contribution < 1.29 is 46.4 Å². The molecule has 0 aromatic carbocycles. The van der Waals surface area contributed by atoms with E-state index in [2.05, 4.69) is 14.8 Å². The van der Waals surface area contributed by atoms with Gasteiger partial charge in [-0.15, -0.1) is 0 Å². The molecule has 0 heterocycles. The van der Waals surface area contributed by atoms with Crippen LogP contribution in [-0.2, 0) is 43.0 Å². The third kappa shape index (κ3) is 21.1. The quantitative estimate of drug-likeness (QED) is 0.147. The Labute approximate surface area is 214 Å². The number of carbonyl (C=O) groups is 4. The van der Waals surface area contributed by atoms with Crippen LogP contribution < -0.4 is 10.6 Å². The molecule has 2 atom stereocenters. The van der Waals surface area contributed by atoms with Crippen LogP contribution in [0.1, 0.15) is 80.1 Å². The molecule has 0 rings (SSSR count). The number of aliphatic hydroxyl groups is 1. The van der Waals surface area contributed by atoms with Crippen molar-refractivity contribution in [3.63, 3.8) is 0 Å². The van der Waals surface area contributed by atoms with Crippen LogP contribution in [0, 0.1) is 0 Å². The topological polar surface area (TPSA) is 174 Å². The molecule has 12 nitrogen and oxygen atoms in total. The van der Waals surface area contributed by atoms with Crippen molar-refractivity contribution in [2.45, 2.75) is 91.1 Å². The van der Waals surface area contributed by atoms with E-state index < -0.39 is 27.2 Å². The summed E-state index contributed by atoms with van der Waals surface area (Å²) >= 11 is 0. The fourth-order valence-electron chi connectivity index (χ4n) is 3.44. The molecule has 0 saturated carbocycles. The van der Waals surface area contributed by atoms with Gasteiger partial charge in [0.1, 0.15) is 0 Å². The van der Waals surface area contributed by atoms with Gasteiger partial charge < -0.3 is 25.2 Å². The Hall–Kier alpha value is -2.25. The van der Waals surface area contributed by atoms with Gasteiger partial charge >= 0.3 is 11.9 Å². The SMILES string of the molecule is CCOC(=O)CC(C)(CCCO)NC(C)=O.CCOC(=O)CC(C)(CCCOS(C)(=O)=O)NC(C)=O. The number of nitrogens with one attached hydrogen (secondary N) is 2. The standard InChI is InChI=1S/C12H23NO6S.C11H21NO4/c1-5-18-11(15)9-12(3,13-10(2)14)7-6-8-19-20(4,16)17;1-4-16-10(15)8-11(3,6-5-7-13)12-9(2)14/h5-9H2,1-4H3,(H,13,14);13H,4-8H2,1-3H3,(H,12,14). The van der Waals surface area contributed by atoms with E-state index in [1.165, 1.54) is 13.8 Å². The van der Waals surface area contributed by atoms with Gasteiger partial charge in [-0.3, -0.25) is 23.4 Å². The summed E-state index contributed by atoms with van der Waals surface area (Å²) in [7, 11) is -3.48. The molecule has 0 aliphatic heterocycles. The zero-order valence-electron chi connectivity index (χ0n) is 22.6. The summed E-state index contributed by atoms with van der Waals surface area (Å²) in [6.07, 6.45) is 3.00. The van der Waals surface area contributed by atoms with Gasteiger partial charge in [0.15, 0.2) is 0 Å². The van der Waals surface area contributed by atoms with Crippen LogP contribution in [0.3, 0.4) is 0 Å². The minimum Gasteiger partial charge on any atom is -0.466 e. The Balaban J connectivity index is 0. The average molecular weight is 541 g/mol. The Morgan fingerprint density at radius 2 is 1.19 bits per heavy atom. The normalized spacial score (nSPS) is 14.2. The van der Waals surface area contributed by atoms with Gasteiger partial charge in [-0.25, -0.2) is 0 Å². The molecule has 0 aromatic rings. The minimum atomic E-state index is -3.48. The fraction of sp³-hybridized carbons (Fsp3) is 0.826. The Morgan fingerprint density at radius 3 is 1.50 bits per heavy atom. The third-order valence-corrected chi connectivity index (χ3v) is 5.29. The van der Waals surface area contributed by atoms with Gasteiger partial charge in [0.05, 0.1) is 38.9 Å². The highest BCUT2D eigenvalue weighted by atomic mass is 32.2. The van der Waals surface area contributed by atoms with E-state index in [0.717, 1.165) is 6.26 Å². The first-order valence-corrected chi connectivity index (χ1v) is 13.7. The van der Waals surface area contributed by atoms with Gasteiger partial charge in [0.2, 0.25) is 11.8 Å². The van der Waals surface area contributed by atoms with E-state index in [9.17, 15) is 27.6 Å². The van der Waals surface area contributed by atoms with E-state index in [0.29, 0.717) is 32.3 Å². The Morgan fingerprint density at radius 1 is 0.806 bits per heavy atom. The zero-order chi connectivity index (χ0) is 28.4. The number of carbonyl (C=O) groups excluding carboxylic acids is 4. The Kier molecular flexibility index (Phi) is 18.0. The molecule has 2 amide bonds. The van der Waals surface area contributed by atoms with Crippen LogP contribution in [0.4, 0.5) is 0 Å². The third-order valence-electron chi connectivity index (χ3n) is 4.69. The second kappa shape index (κ2) is 18.1. The van der Waals surface area contributed by atoms with E-state index in [4.69, 9.17) is 14.6 Å². The van der Waals surface area contributed by atoms with E-state index in [-0.39, 0.29) is 50.4 Å². The monoisotopic (exact) mass is 540 g/mol. The number of aliphatic hydroxyl groups excluding tert-OH is 1. The second-order valence-corrected chi connectivity index (χ2v) is 10.5. The van der Waals surface area contributed by atoms with E-state index in [1.807, 2.05) is 0 Å². The number of amides is 2. The van der Waals surface area contributed by atoms with Crippen molar-refractivity contribution in [1.29, 1.82) is 0 Å². The zero-order valence-corrected chi connectivity index (χ0v) is 23.4. The van der Waals surface area contributed by atoms with Crippen LogP contribution in [0.5, 0.6) is 0 Å². The summed E-state index contributed by atoms with van der Waals surface area (Å²) < 4.78 is 36.0. The fourth-order valence-corrected chi connectivity index (χ4v) is 3.86. The van der Waals surface area contributed by atoms with Crippen molar-refractivity contribution in [3.8, 4) is 0 Å². The van der Waals surface area contributed by atoms with Crippen LogP contribution in [-0.4, -0.2) is 81.0 Å². The van der Waals surface area contributed by atoms with Gasteiger partial charge in [-0.1, -0.05) is 0 Å². The molecule has 0 radical (unpaired) electrons. The summed E-state index contributed by atoms with van der Waals surface area (Å²) in [5.41, 5.74) is -1.42. The lowest BCUT2D eigenvalue weighted by molar-refractivity contribution is -0.146. The van der Waals surface area contributed by atoms with Gasteiger partial charge in [0, 0.05) is 31.5 Å². The molecule has 0 aromatic heterocycles. The maximum Gasteiger partial charge on any atom is 0.308 e. The molecule has 0 saturated heterocycles. The molecule has 212 valence electrons. The van der Waals surface area contributed by atoms with Crippen molar-refractivity contribution in [2.24, 2.45) is 0 Å². The van der Waals surface area contributed by atoms with Crippen molar-refractivity contribution in [1.82, 2.24) is 10.6 Å². The molecule has 13 heteroatoms.